The van der Waals surface area contributed by atoms with E-state index in [-0.39, 0.29) is 24.9 Å². The molecular formula is C15H24N3O4+. The van der Waals surface area contributed by atoms with E-state index in [2.05, 4.69) is 10.6 Å². The first-order valence-corrected chi connectivity index (χ1v) is 7.30. The Hall–Kier alpha value is -2.28. The van der Waals surface area contributed by atoms with Crippen LogP contribution >= 0.6 is 0 Å². The van der Waals surface area contributed by atoms with Gasteiger partial charge in [-0.2, -0.15) is 0 Å². The smallest absolute Gasteiger partial charge is 0.275 e. The summed E-state index contributed by atoms with van der Waals surface area (Å²) >= 11 is 0. The van der Waals surface area contributed by atoms with Crippen molar-refractivity contribution in [3.8, 4) is 11.5 Å². The lowest BCUT2D eigenvalue weighted by Gasteiger charge is -2.08. The highest BCUT2D eigenvalue weighted by molar-refractivity contribution is 5.78. The molecule has 0 aromatic heterocycles. The molecule has 4 N–H and O–H groups in total. The molecule has 0 aliphatic rings. The van der Waals surface area contributed by atoms with Gasteiger partial charge < -0.3 is 25.4 Å². The number of nitrogens with one attached hydrogen (secondary N) is 2. The molecule has 0 aliphatic heterocycles. The molecule has 2 amide bonds. The van der Waals surface area contributed by atoms with Crippen LogP contribution in [0.4, 0.5) is 0 Å². The molecule has 0 radical (unpaired) electrons. The van der Waals surface area contributed by atoms with Gasteiger partial charge >= 0.3 is 0 Å². The van der Waals surface area contributed by atoms with Crippen molar-refractivity contribution in [2.75, 3.05) is 39.9 Å². The van der Waals surface area contributed by atoms with Gasteiger partial charge in [0.15, 0.2) is 13.1 Å². The lowest BCUT2D eigenvalue weighted by molar-refractivity contribution is -0.633. The van der Waals surface area contributed by atoms with Crippen LogP contribution in [0.25, 0.3) is 0 Å². The van der Waals surface area contributed by atoms with E-state index in [0.29, 0.717) is 19.8 Å². The summed E-state index contributed by atoms with van der Waals surface area (Å²) in [5, 5.41) is 6.86. The van der Waals surface area contributed by atoms with Crippen molar-refractivity contribution in [1.29, 1.82) is 0 Å². The van der Waals surface area contributed by atoms with Gasteiger partial charge in [0, 0.05) is 7.05 Å². The molecule has 0 bridgehead atoms. The molecule has 7 nitrogen and oxygen atoms in total. The summed E-state index contributed by atoms with van der Waals surface area (Å²) in [6.45, 7) is 3.82. The van der Waals surface area contributed by atoms with E-state index in [0.717, 1.165) is 11.5 Å². The average Bonchev–Trinajstić information content (AvgIpc) is 2.53. The van der Waals surface area contributed by atoms with E-state index in [9.17, 15) is 9.59 Å². The normalized spacial score (nSPS) is 9.91. The molecule has 0 spiro atoms. The van der Waals surface area contributed by atoms with Crippen molar-refractivity contribution in [2.24, 2.45) is 0 Å². The van der Waals surface area contributed by atoms with E-state index in [4.69, 9.17) is 9.47 Å². The standard InChI is InChI=1S/C15H23N3O4/c1-3-21-12-4-6-13(7-5-12)22-9-8-18-15(20)11-17-10-14(19)16-2/h4-7,17H,3,8-11H2,1-2H3,(H,16,19)(H,18,20)/p+1. The summed E-state index contributed by atoms with van der Waals surface area (Å²) in [5.41, 5.74) is 0. The maximum Gasteiger partial charge on any atom is 0.275 e. The first-order valence-electron chi connectivity index (χ1n) is 7.30. The molecule has 0 fully saturated rings. The van der Waals surface area contributed by atoms with Gasteiger partial charge in [0.25, 0.3) is 11.8 Å². The number of nitrogens with two attached hydrogens (primary N) is 1. The SMILES string of the molecule is CCOc1ccc(OCCNC(=O)C[NH2+]CC(=O)NC)cc1. The Morgan fingerprint density at radius 3 is 2.23 bits per heavy atom. The first-order chi connectivity index (χ1) is 10.7. The number of hydrogen-bond donors (Lipinski definition) is 3. The van der Waals surface area contributed by atoms with Crippen LogP contribution in [0, 0.1) is 0 Å². The highest BCUT2D eigenvalue weighted by Crippen LogP contribution is 2.17. The van der Waals surface area contributed by atoms with E-state index in [1.54, 1.807) is 12.4 Å². The number of ether oxygens (including phenoxy) is 2. The second kappa shape index (κ2) is 10.4. The predicted octanol–water partition coefficient (Wildman–Crippen LogP) is -1.11. The van der Waals surface area contributed by atoms with Crippen LogP contribution in [0.1, 0.15) is 6.92 Å². The topological polar surface area (TPSA) is 93.3 Å². The fraction of sp³-hybridized carbons (Fsp3) is 0.467. The molecule has 0 atom stereocenters. The van der Waals surface area contributed by atoms with Crippen LogP contribution in [0.2, 0.25) is 0 Å². The van der Waals surface area contributed by atoms with Gasteiger partial charge in [0.05, 0.1) is 13.2 Å². The van der Waals surface area contributed by atoms with E-state index in [1.807, 2.05) is 31.2 Å². The number of carbonyl (C=O) groups excluding carboxylic acids is 2. The Labute approximate surface area is 130 Å². The average molecular weight is 310 g/mol. The maximum atomic E-state index is 11.5. The Balaban J connectivity index is 2.11. The second-order valence-corrected chi connectivity index (χ2v) is 4.47. The van der Waals surface area contributed by atoms with Crippen molar-refractivity contribution in [1.82, 2.24) is 10.6 Å². The molecule has 1 rings (SSSR count). The van der Waals surface area contributed by atoms with Crippen LogP contribution in [-0.2, 0) is 9.59 Å². The third-order valence-electron chi connectivity index (χ3n) is 2.77. The third-order valence-corrected chi connectivity index (χ3v) is 2.77. The highest BCUT2D eigenvalue weighted by Gasteiger charge is 2.05. The molecule has 0 heterocycles. The largest absolute Gasteiger partial charge is 0.494 e. The van der Waals surface area contributed by atoms with Gasteiger partial charge in [0.2, 0.25) is 0 Å². The molecule has 122 valence electrons. The van der Waals surface area contributed by atoms with Crippen molar-refractivity contribution in [3.05, 3.63) is 24.3 Å². The number of benzene rings is 1. The first kappa shape index (κ1) is 17.8. The summed E-state index contributed by atoms with van der Waals surface area (Å²) < 4.78 is 10.8. The summed E-state index contributed by atoms with van der Waals surface area (Å²) in [6.07, 6.45) is 0. The van der Waals surface area contributed by atoms with Crippen molar-refractivity contribution < 1.29 is 24.4 Å². The Morgan fingerprint density at radius 2 is 1.64 bits per heavy atom. The lowest BCUT2D eigenvalue weighted by atomic mass is 10.3. The molecule has 0 saturated carbocycles. The minimum atomic E-state index is -0.126. The summed E-state index contributed by atoms with van der Waals surface area (Å²) in [4.78, 5) is 22.5. The van der Waals surface area contributed by atoms with Crippen LogP contribution in [0.3, 0.4) is 0 Å². The minimum Gasteiger partial charge on any atom is -0.494 e. The van der Waals surface area contributed by atoms with Crippen LogP contribution < -0.4 is 25.4 Å². The monoisotopic (exact) mass is 310 g/mol. The van der Waals surface area contributed by atoms with Crippen molar-refractivity contribution >= 4 is 11.8 Å². The molecule has 0 unspecified atom stereocenters. The van der Waals surface area contributed by atoms with Gasteiger partial charge in [-0.3, -0.25) is 9.59 Å². The quantitative estimate of drug-likeness (QED) is 0.478. The van der Waals surface area contributed by atoms with Crippen molar-refractivity contribution in [2.45, 2.75) is 6.92 Å². The predicted molar refractivity (Wildman–Crippen MR) is 81.8 cm³/mol. The molecule has 1 aromatic rings. The summed E-state index contributed by atoms with van der Waals surface area (Å²) in [5.74, 6) is 1.30. The van der Waals surface area contributed by atoms with E-state index in [1.165, 1.54) is 0 Å². The summed E-state index contributed by atoms with van der Waals surface area (Å²) in [7, 11) is 1.56. The molecule has 0 aliphatic carbocycles. The number of hydrogen-bond acceptors (Lipinski definition) is 4. The highest BCUT2D eigenvalue weighted by atomic mass is 16.5. The van der Waals surface area contributed by atoms with Gasteiger partial charge in [-0.15, -0.1) is 0 Å². The fourth-order valence-electron chi connectivity index (χ4n) is 1.67. The lowest BCUT2D eigenvalue weighted by Crippen LogP contribution is -2.88. The fourth-order valence-corrected chi connectivity index (χ4v) is 1.67. The molecule has 1 aromatic carbocycles. The minimum absolute atomic E-state index is 0.105. The number of carbonyl (C=O) groups is 2. The van der Waals surface area contributed by atoms with Gasteiger partial charge in [-0.1, -0.05) is 0 Å². The Morgan fingerprint density at radius 1 is 1.05 bits per heavy atom. The zero-order valence-electron chi connectivity index (χ0n) is 13.1. The van der Waals surface area contributed by atoms with Gasteiger partial charge in [0.1, 0.15) is 18.1 Å². The maximum absolute atomic E-state index is 11.5. The molecule has 7 heteroatoms. The zero-order valence-corrected chi connectivity index (χ0v) is 13.1. The Kier molecular flexibility index (Phi) is 8.44. The molecule has 0 saturated heterocycles. The van der Waals surface area contributed by atoms with Gasteiger partial charge in [-0.25, -0.2) is 0 Å². The van der Waals surface area contributed by atoms with Crippen LogP contribution in [0.15, 0.2) is 24.3 Å². The second-order valence-electron chi connectivity index (χ2n) is 4.47. The molecule has 22 heavy (non-hydrogen) atoms. The summed E-state index contributed by atoms with van der Waals surface area (Å²) in [6, 6.07) is 7.32. The number of rotatable bonds is 10. The van der Waals surface area contributed by atoms with Gasteiger partial charge in [-0.05, 0) is 31.2 Å². The third kappa shape index (κ3) is 7.49. The molecular weight excluding hydrogens is 286 g/mol. The van der Waals surface area contributed by atoms with Crippen molar-refractivity contribution in [3.63, 3.8) is 0 Å². The van der Waals surface area contributed by atoms with Crippen LogP contribution in [0.5, 0.6) is 11.5 Å². The number of likely N-dealkylation sites (N-methyl/N-ethyl adjacent to an activating group) is 1. The van der Waals surface area contributed by atoms with Crippen LogP contribution in [-0.4, -0.2) is 51.7 Å². The van der Waals surface area contributed by atoms with E-state index >= 15 is 0 Å². The van der Waals surface area contributed by atoms with E-state index < -0.39 is 0 Å². The Bertz CT molecular complexity index is 462. The zero-order chi connectivity index (χ0) is 16.2. The number of amides is 2. The number of quaternary nitrogens is 1.